The third kappa shape index (κ3) is 4.25. The fourth-order valence-electron chi connectivity index (χ4n) is 2.60. The van der Waals surface area contributed by atoms with Crippen molar-refractivity contribution in [2.45, 2.75) is 30.4 Å². The van der Waals surface area contributed by atoms with Crippen LogP contribution in [0.15, 0.2) is 30.3 Å². The minimum atomic E-state index is 0.0282. The summed E-state index contributed by atoms with van der Waals surface area (Å²) in [5.41, 5.74) is 0.856. The van der Waals surface area contributed by atoms with Gasteiger partial charge in [0.15, 0.2) is 0 Å². The molecule has 0 radical (unpaired) electrons. The molecule has 3 nitrogen and oxygen atoms in total. The van der Waals surface area contributed by atoms with Crippen molar-refractivity contribution in [3.8, 4) is 0 Å². The summed E-state index contributed by atoms with van der Waals surface area (Å²) in [6, 6.07) is 9.58. The predicted octanol–water partition coefficient (Wildman–Crippen LogP) is 2.89. The number of thioether (sulfide) groups is 1. The van der Waals surface area contributed by atoms with Gasteiger partial charge in [-0.1, -0.05) is 31.0 Å². The maximum Gasteiger partial charge on any atom is 0.238 e. The van der Waals surface area contributed by atoms with E-state index in [0.29, 0.717) is 11.3 Å². The smallest absolute Gasteiger partial charge is 0.238 e. The van der Waals surface area contributed by atoms with E-state index in [0.717, 1.165) is 12.2 Å². The highest BCUT2D eigenvalue weighted by Gasteiger charge is 2.32. The lowest BCUT2D eigenvalue weighted by atomic mass is 10.1. The molecule has 1 aromatic rings. The van der Waals surface area contributed by atoms with Crippen LogP contribution < -0.4 is 10.6 Å². The van der Waals surface area contributed by atoms with Gasteiger partial charge in [-0.05, 0) is 31.2 Å². The molecule has 104 valence electrons. The van der Waals surface area contributed by atoms with Gasteiger partial charge in [-0.2, -0.15) is 11.8 Å². The van der Waals surface area contributed by atoms with E-state index in [1.165, 1.54) is 25.7 Å². The Morgan fingerprint density at radius 2 is 1.95 bits per heavy atom. The number of anilines is 1. The van der Waals surface area contributed by atoms with Crippen LogP contribution in [0.4, 0.5) is 5.69 Å². The van der Waals surface area contributed by atoms with Crippen molar-refractivity contribution in [2.75, 3.05) is 24.7 Å². The van der Waals surface area contributed by atoms with E-state index in [4.69, 9.17) is 0 Å². The van der Waals surface area contributed by atoms with Crippen molar-refractivity contribution in [3.63, 3.8) is 0 Å². The molecule has 1 saturated carbocycles. The van der Waals surface area contributed by atoms with Gasteiger partial charge >= 0.3 is 0 Å². The van der Waals surface area contributed by atoms with E-state index in [2.05, 4.69) is 16.9 Å². The van der Waals surface area contributed by atoms with Crippen LogP contribution in [-0.4, -0.2) is 30.0 Å². The molecule has 1 aromatic carbocycles. The normalized spacial score (nSPS) is 17.3. The topological polar surface area (TPSA) is 41.1 Å². The monoisotopic (exact) mass is 278 g/mol. The first kappa shape index (κ1) is 14.4. The van der Waals surface area contributed by atoms with Gasteiger partial charge < -0.3 is 10.6 Å². The third-order valence-electron chi connectivity index (χ3n) is 3.74. The fourth-order valence-corrected chi connectivity index (χ4v) is 3.55. The highest BCUT2D eigenvalue weighted by atomic mass is 32.2. The van der Waals surface area contributed by atoms with Crippen LogP contribution in [0.3, 0.4) is 0 Å². The van der Waals surface area contributed by atoms with Crippen molar-refractivity contribution < 1.29 is 4.79 Å². The first-order chi connectivity index (χ1) is 9.24. The summed E-state index contributed by atoms with van der Waals surface area (Å²) in [5.74, 6) is 0.0282. The molecular weight excluding hydrogens is 256 g/mol. The molecule has 1 aliphatic rings. The number of nitrogens with one attached hydrogen (secondary N) is 2. The zero-order valence-electron chi connectivity index (χ0n) is 11.4. The van der Waals surface area contributed by atoms with Crippen molar-refractivity contribution in [2.24, 2.45) is 0 Å². The molecule has 0 bridgehead atoms. The molecule has 1 fully saturated rings. The largest absolute Gasteiger partial charge is 0.325 e. The minimum absolute atomic E-state index is 0.0282. The van der Waals surface area contributed by atoms with Gasteiger partial charge in [0, 0.05) is 17.0 Å². The number of carbonyl (C=O) groups excluding carboxylic acids is 1. The highest BCUT2D eigenvalue weighted by Crippen LogP contribution is 2.39. The summed E-state index contributed by atoms with van der Waals surface area (Å²) in [7, 11) is 0. The van der Waals surface area contributed by atoms with Crippen molar-refractivity contribution in [1.82, 2.24) is 5.32 Å². The van der Waals surface area contributed by atoms with Crippen LogP contribution in [0.2, 0.25) is 0 Å². The van der Waals surface area contributed by atoms with Crippen molar-refractivity contribution in [3.05, 3.63) is 30.3 Å². The van der Waals surface area contributed by atoms with Gasteiger partial charge in [0.25, 0.3) is 0 Å². The average molecular weight is 278 g/mol. The second-order valence-corrected chi connectivity index (χ2v) is 6.39. The standard InChI is InChI=1S/C15H22N2OS/c1-19-15(9-5-6-10-15)12-16-11-14(18)17-13-7-3-2-4-8-13/h2-4,7-8,16H,5-6,9-12H2,1H3,(H,17,18). The van der Waals surface area contributed by atoms with E-state index >= 15 is 0 Å². The lowest BCUT2D eigenvalue weighted by Gasteiger charge is -2.26. The SMILES string of the molecule is CSC1(CNCC(=O)Nc2ccccc2)CCCC1. The molecule has 0 aliphatic heterocycles. The molecule has 0 spiro atoms. The summed E-state index contributed by atoms with van der Waals surface area (Å²) in [4.78, 5) is 11.8. The number of benzene rings is 1. The summed E-state index contributed by atoms with van der Waals surface area (Å²) < 4.78 is 0.354. The van der Waals surface area contributed by atoms with Crippen LogP contribution in [0, 0.1) is 0 Å². The maximum absolute atomic E-state index is 11.8. The molecule has 0 unspecified atom stereocenters. The zero-order valence-corrected chi connectivity index (χ0v) is 12.3. The van der Waals surface area contributed by atoms with Gasteiger partial charge in [-0.15, -0.1) is 0 Å². The number of carbonyl (C=O) groups is 1. The Hall–Kier alpha value is -1.00. The Labute approximate surface area is 119 Å². The molecule has 1 amide bonds. The molecule has 0 aromatic heterocycles. The summed E-state index contributed by atoms with van der Waals surface area (Å²) in [6.07, 6.45) is 7.34. The summed E-state index contributed by atoms with van der Waals surface area (Å²) in [6.45, 7) is 1.31. The Morgan fingerprint density at radius 3 is 2.58 bits per heavy atom. The molecule has 0 heterocycles. The first-order valence-electron chi connectivity index (χ1n) is 6.85. The minimum Gasteiger partial charge on any atom is -0.325 e. The third-order valence-corrected chi connectivity index (χ3v) is 5.16. The fraction of sp³-hybridized carbons (Fsp3) is 0.533. The van der Waals surface area contributed by atoms with E-state index in [1.54, 1.807) is 0 Å². The van der Waals surface area contributed by atoms with Gasteiger partial charge in [-0.25, -0.2) is 0 Å². The maximum atomic E-state index is 11.8. The molecule has 2 rings (SSSR count). The zero-order chi connectivity index (χ0) is 13.6. The molecule has 2 N–H and O–H groups in total. The second kappa shape index (κ2) is 6.96. The molecule has 0 atom stereocenters. The molecule has 19 heavy (non-hydrogen) atoms. The number of hydrogen-bond donors (Lipinski definition) is 2. The van der Waals surface area contributed by atoms with Crippen LogP contribution in [0.1, 0.15) is 25.7 Å². The van der Waals surface area contributed by atoms with E-state index in [1.807, 2.05) is 42.1 Å². The number of rotatable bonds is 6. The summed E-state index contributed by atoms with van der Waals surface area (Å²) >= 11 is 1.94. The highest BCUT2D eigenvalue weighted by molar-refractivity contribution is 8.00. The van der Waals surface area contributed by atoms with Crippen LogP contribution in [0.25, 0.3) is 0 Å². The Kier molecular flexibility index (Phi) is 5.28. The van der Waals surface area contributed by atoms with Gasteiger partial charge in [0.05, 0.1) is 6.54 Å². The van der Waals surface area contributed by atoms with Crippen molar-refractivity contribution in [1.29, 1.82) is 0 Å². The lowest BCUT2D eigenvalue weighted by Crippen LogP contribution is -2.39. The number of hydrogen-bond acceptors (Lipinski definition) is 3. The van der Waals surface area contributed by atoms with Crippen LogP contribution >= 0.6 is 11.8 Å². The summed E-state index contributed by atoms with van der Waals surface area (Å²) in [5, 5.41) is 6.20. The lowest BCUT2D eigenvalue weighted by molar-refractivity contribution is -0.115. The average Bonchev–Trinajstić information content (AvgIpc) is 2.89. The van der Waals surface area contributed by atoms with E-state index in [-0.39, 0.29) is 5.91 Å². The van der Waals surface area contributed by atoms with Crippen LogP contribution in [-0.2, 0) is 4.79 Å². The number of para-hydroxylation sites is 1. The Morgan fingerprint density at radius 1 is 1.26 bits per heavy atom. The molecule has 1 aliphatic carbocycles. The predicted molar refractivity (Wildman–Crippen MR) is 82.7 cm³/mol. The first-order valence-corrected chi connectivity index (χ1v) is 8.07. The van der Waals surface area contributed by atoms with Gasteiger partial charge in [0.2, 0.25) is 5.91 Å². The van der Waals surface area contributed by atoms with Crippen molar-refractivity contribution >= 4 is 23.4 Å². The second-order valence-electron chi connectivity index (χ2n) is 5.11. The van der Waals surface area contributed by atoms with Gasteiger partial charge in [-0.3, -0.25) is 4.79 Å². The Bertz CT molecular complexity index is 402. The number of amides is 1. The van der Waals surface area contributed by atoms with Gasteiger partial charge in [0.1, 0.15) is 0 Å². The Balaban J connectivity index is 1.72. The van der Waals surface area contributed by atoms with E-state index < -0.39 is 0 Å². The molecular formula is C15H22N2OS. The molecule has 4 heteroatoms. The van der Waals surface area contributed by atoms with Crippen LogP contribution in [0.5, 0.6) is 0 Å². The van der Waals surface area contributed by atoms with E-state index in [9.17, 15) is 4.79 Å². The molecule has 0 saturated heterocycles. The quantitative estimate of drug-likeness (QED) is 0.840.